The summed E-state index contributed by atoms with van der Waals surface area (Å²) in [5.74, 6) is -0.781. The molecule has 2 fully saturated rings. The van der Waals surface area contributed by atoms with Crippen LogP contribution in [0.4, 0.5) is 9.18 Å². The SMILES string of the molecule is COCCN1C(=O)N[C@@](Cc2ccc(F)cc2)(C2CCN(C(=O)c3sccc3C)CC2)C1=O. The van der Waals surface area contributed by atoms with Crippen LogP contribution in [0.5, 0.6) is 0 Å². The highest BCUT2D eigenvalue weighted by atomic mass is 32.1. The minimum atomic E-state index is -1.13. The summed E-state index contributed by atoms with van der Waals surface area (Å²) in [6.45, 7) is 3.36. The van der Waals surface area contributed by atoms with Gasteiger partial charge in [0.1, 0.15) is 11.4 Å². The number of ether oxygens (including phenoxy) is 1. The third-order valence-corrected chi connectivity index (χ3v) is 7.66. The number of carbonyl (C=O) groups excluding carboxylic acids is 3. The van der Waals surface area contributed by atoms with Crippen molar-refractivity contribution in [2.45, 2.75) is 31.7 Å². The monoisotopic (exact) mass is 473 g/mol. The fourth-order valence-electron chi connectivity index (χ4n) is 4.81. The van der Waals surface area contributed by atoms with Crippen molar-refractivity contribution in [3.05, 3.63) is 57.5 Å². The molecule has 2 aromatic rings. The first kappa shape index (κ1) is 23.4. The fraction of sp³-hybridized carbons (Fsp3) is 0.458. The second kappa shape index (κ2) is 9.61. The normalized spacial score (nSPS) is 21.5. The lowest BCUT2D eigenvalue weighted by Crippen LogP contribution is -2.58. The average Bonchev–Trinajstić information content (AvgIpc) is 3.34. The number of benzene rings is 1. The number of urea groups is 1. The van der Waals surface area contributed by atoms with E-state index >= 15 is 0 Å². The van der Waals surface area contributed by atoms with Gasteiger partial charge in [0.15, 0.2) is 0 Å². The van der Waals surface area contributed by atoms with Crippen LogP contribution in [0.15, 0.2) is 35.7 Å². The Morgan fingerprint density at radius 3 is 2.52 bits per heavy atom. The lowest BCUT2D eigenvalue weighted by Gasteiger charge is -2.41. The number of hydrogen-bond acceptors (Lipinski definition) is 5. The third kappa shape index (κ3) is 4.52. The molecule has 33 heavy (non-hydrogen) atoms. The Kier molecular flexibility index (Phi) is 6.81. The molecule has 1 atom stereocenters. The summed E-state index contributed by atoms with van der Waals surface area (Å²) in [5, 5.41) is 4.89. The number of nitrogens with one attached hydrogen (secondary N) is 1. The molecule has 0 saturated carbocycles. The molecule has 2 aliphatic heterocycles. The second-order valence-electron chi connectivity index (χ2n) is 8.65. The highest BCUT2D eigenvalue weighted by Crippen LogP contribution is 2.37. The van der Waals surface area contributed by atoms with Crippen molar-refractivity contribution in [2.24, 2.45) is 5.92 Å². The molecule has 2 saturated heterocycles. The molecule has 2 aliphatic rings. The van der Waals surface area contributed by atoms with Gasteiger partial charge in [-0.05, 0) is 60.4 Å². The number of aryl methyl sites for hydroxylation is 1. The van der Waals surface area contributed by atoms with E-state index in [4.69, 9.17) is 4.74 Å². The molecular formula is C24H28FN3O4S. The van der Waals surface area contributed by atoms with Gasteiger partial charge in [-0.15, -0.1) is 11.3 Å². The van der Waals surface area contributed by atoms with Gasteiger partial charge in [0.25, 0.3) is 11.8 Å². The van der Waals surface area contributed by atoms with Crippen molar-refractivity contribution in [3.8, 4) is 0 Å². The van der Waals surface area contributed by atoms with Crippen LogP contribution in [0.25, 0.3) is 0 Å². The average molecular weight is 474 g/mol. The number of carbonyl (C=O) groups is 3. The third-order valence-electron chi connectivity index (χ3n) is 6.65. The molecule has 0 radical (unpaired) electrons. The van der Waals surface area contributed by atoms with Crippen molar-refractivity contribution >= 4 is 29.2 Å². The molecule has 176 valence electrons. The summed E-state index contributed by atoms with van der Waals surface area (Å²) < 4.78 is 18.5. The number of piperidine rings is 1. The van der Waals surface area contributed by atoms with E-state index in [0.717, 1.165) is 16.0 Å². The molecule has 4 amide bonds. The highest BCUT2D eigenvalue weighted by Gasteiger charge is 2.55. The van der Waals surface area contributed by atoms with Gasteiger partial charge in [-0.25, -0.2) is 9.18 Å². The molecule has 7 nitrogen and oxygen atoms in total. The molecule has 4 rings (SSSR count). The maximum atomic E-state index is 13.6. The van der Waals surface area contributed by atoms with Gasteiger partial charge in [-0.1, -0.05) is 12.1 Å². The lowest BCUT2D eigenvalue weighted by molar-refractivity contribution is -0.134. The van der Waals surface area contributed by atoms with Crippen LogP contribution in [0.1, 0.15) is 33.6 Å². The van der Waals surface area contributed by atoms with E-state index in [1.54, 1.807) is 12.1 Å². The molecular weight excluding hydrogens is 445 g/mol. The number of amides is 4. The van der Waals surface area contributed by atoms with Crippen molar-refractivity contribution in [1.82, 2.24) is 15.1 Å². The zero-order chi connectivity index (χ0) is 23.6. The minimum absolute atomic E-state index is 0.0111. The summed E-state index contributed by atoms with van der Waals surface area (Å²) in [6.07, 6.45) is 1.44. The number of imide groups is 1. The molecule has 0 spiro atoms. The molecule has 9 heteroatoms. The number of methoxy groups -OCH3 is 1. The number of halogens is 1. The van der Waals surface area contributed by atoms with Crippen LogP contribution in [0, 0.1) is 18.7 Å². The summed E-state index contributed by atoms with van der Waals surface area (Å²) in [6, 6.07) is 7.50. The maximum absolute atomic E-state index is 13.6. The van der Waals surface area contributed by atoms with E-state index in [-0.39, 0.29) is 43.1 Å². The zero-order valence-corrected chi connectivity index (χ0v) is 19.6. The van der Waals surface area contributed by atoms with E-state index in [2.05, 4.69) is 5.32 Å². The summed E-state index contributed by atoms with van der Waals surface area (Å²) in [5.41, 5.74) is 0.606. The van der Waals surface area contributed by atoms with Crippen LogP contribution in [-0.2, 0) is 16.0 Å². The Bertz CT molecular complexity index is 1030. The first-order valence-electron chi connectivity index (χ1n) is 11.1. The smallest absolute Gasteiger partial charge is 0.325 e. The number of thiophene rings is 1. The topological polar surface area (TPSA) is 79.0 Å². The Labute approximate surface area is 196 Å². The number of rotatable bonds is 7. The Balaban J connectivity index is 1.56. The van der Waals surface area contributed by atoms with Gasteiger partial charge in [-0.2, -0.15) is 0 Å². The largest absolute Gasteiger partial charge is 0.383 e. The van der Waals surface area contributed by atoms with Crippen molar-refractivity contribution in [2.75, 3.05) is 33.4 Å². The predicted molar refractivity (Wildman–Crippen MR) is 123 cm³/mol. The summed E-state index contributed by atoms with van der Waals surface area (Å²) in [7, 11) is 1.52. The molecule has 3 heterocycles. The molecule has 1 aromatic heterocycles. The van der Waals surface area contributed by atoms with Crippen LogP contribution in [0.3, 0.4) is 0 Å². The van der Waals surface area contributed by atoms with Crippen LogP contribution in [0.2, 0.25) is 0 Å². The second-order valence-corrected chi connectivity index (χ2v) is 9.57. The lowest BCUT2D eigenvalue weighted by atomic mass is 9.74. The summed E-state index contributed by atoms with van der Waals surface area (Å²) >= 11 is 1.44. The zero-order valence-electron chi connectivity index (χ0n) is 18.8. The molecule has 1 N–H and O–H groups in total. The standard InChI is InChI=1S/C24H28FN3O4S/c1-16-9-14-33-20(16)21(29)27-10-7-18(8-11-27)24(15-17-3-5-19(25)6-4-17)22(30)28(12-13-32-2)23(31)26-24/h3-6,9,14,18H,7-8,10-13,15H2,1-2H3,(H,26,31)/t24-/m0/s1. The summed E-state index contributed by atoms with van der Waals surface area (Å²) in [4.78, 5) is 43.1. The molecule has 0 aliphatic carbocycles. The van der Waals surface area contributed by atoms with E-state index in [1.165, 1.54) is 35.5 Å². The van der Waals surface area contributed by atoms with Crippen LogP contribution < -0.4 is 5.32 Å². The van der Waals surface area contributed by atoms with Crippen LogP contribution >= 0.6 is 11.3 Å². The number of nitrogens with zero attached hydrogens (tertiary/aromatic N) is 2. The molecule has 0 unspecified atom stereocenters. The van der Waals surface area contributed by atoms with Crippen molar-refractivity contribution < 1.29 is 23.5 Å². The van der Waals surface area contributed by atoms with E-state index in [1.807, 2.05) is 23.3 Å². The van der Waals surface area contributed by atoms with Gasteiger partial charge >= 0.3 is 6.03 Å². The Morgan fingerprint density at radius 2 is 1.91 bits per heavy atom. The Hall–Kier alpha value is -2.78. The van der Waals surface area contributed by atoms with Gasteiger partial charge < -0.3 is 15.0 Å². The van der Waals surface area contributed by atoms with E-state index < -0.39 is 11.6 Å². The van der Waals surface area contributed by atoms with Crippen LogP contribution in [-0.4, -0.2) is 66.5 Å². The maximum Gasteiger partial charge on any atom is 0.325 e. The number of hydrogen-bond donors (Lipinski definition) is 1. The predicted octanol–water partition coefficient (Wildman–Crippen LogP) is 3.23. The van der Waals surface area contributed by atoms with E-state index in [0.29, 0.717) is 25.9 Å². The first-order chi connectivity index (χ1) is 15.9. The Morgan fingerprint density at radius 1 is 1.21 bits per heavy atom. The van der Waals surface area contributed by atoms with Gasteiger partial charge in [0.2, 0.25) is 0 Å². The molecule has 0 bridgehead atoms. The van der Waals surface area contributed by atoms with Gasteiger partial charge in [0.05, 0.1) is 18.0 Å². The minimum Gasteiger partial charge on any atom is -0.383 e. The van der Waals surface area contributed by atoms with E-state index in [9.17, 15) is 18.8 Å². The first-order valence-corrected chi connectivity index (χ1v) is 11.9. The van der Waals surface area contributed by atoms with Crippen molar-refractivity contribution in [3.63, 3.8) is 0 Å². The van der Waals surface area contributed by atoms with Gasteiger partial charge in [0, 0.05) is 26.6 Å². The van der Waals surface area contributed by atoms with Gasteiger partial charge in [-0.3, -0.25) is 14.5 Å². The van der Waals surface area contributed by atoms with Crippen molar-refractivity contribution in [1.29, 1.82) is 0 Å². The number of likely N-dealkylation sites (tertiary alicyclic amines) is 1. The molecule has 1 aromatic carbocycles. The fourth-order valence-corrected chi connectivity index (χ4v) is 5.70. The highest BCUT2D eigenvalue weighted by molar-refractivity contribution is 7.12. The quantitative estimate of drug-likeness (QED) is 0.627.